The highest BCUT2D eigenvalue weighted by Gasteiger charge is 2.31. The third-order valence-corrected chi connectivity index (χ3v) is 9.85. The first-order valence-electron chi connectivity index (χ1n) is 10.0. The molecule has 0 N–H and O–H groups in total. The minimum atomic E-state index is -3.80. The molecule has 0 unspecified atom stereocenters. The third kappa shape index (κ3) is 5.34. The maximum atomic E-state index is 12.8. The SMILES string of the molecule is CSc1ccc(S(=O)(=O)N(C)CC(=O)N2CCN(S(=O)(=O)c3ccc(C)cc3)CC2)cc1. The van der Waals surface area contributed by atoms with Crippen LogP contribution in [0.5, 0.6) is 0 Å². The number of carbonyl (C=O) groups excluding carboxylic acids is 1. The number of thioether (sulfide) groups is 1. The van der Waals surface area contributed by atoms with E-state index < -0.39 is 20.0 Å². The summed E-state index contributed by atoms with van der Waals surface area (Å²) in [6.45, 7) is 2.32. The van der Waals surface area contributed by atoms with E-state index in [2.05, 4.69) is 0 Å². The number of benzene rings is 2. The molecular weight excluding hydrogens is 470 g/mol. The van der Waals surface area contributed by atoms with Crippen molar-refractivity contribution < 1.29 is 21.6 Å². The number of carbonyl (C=O) groups is 1. The summed E-state index contributed by atoms with van der Waals surface area (Å²) in [5.74, 6) is -0.357. The van der Waals surface area contributed by atoms with Crippen molar-refractivity contribution in [3.05, 3.63) is 54.1 Å². The second kappa shape index (κ2) is 9.92. The molecule has 0 aliphatic carbocycles. The van der Waals surface area contributed by atoms with E-state index >= 15 is 0 Å². The van der Waals surface area contributed by atoms with Crippen LogP contribution in [-0.2, 0) is 24.8 Å². The van der Waals surface area contributed by atoms with Crippen LogP contribution in [0.4, 0.5) is 0 Å². The zero-order chi connectivity index (χ0) is 23.5. The fourth-order valence-corrected chi connectivity index (χ4v) is 6.29. The fourth-order valence-electron chi connectivity index (χ4n) is 3.34. The van der Waals surface area contributed by atoms with Gasteiger partial charge in [0.1, 0.15) is 0 Å². The number of hydrogen-bond acceptors (Lipinski definition) is 6. The Morgan fingerprint density at radius 2 is 1.44 bits per heavy atom. The number of amides is 1. The number of likely N-dealkylation sites (N-methyl/N-ethyl adjacent to an activating group) is 1. The summed E-state index contributed by atoms with van der Waals surface area (Å²) in [6.07, 6.45) is 1.90. The zero-order valence-corrected chi connectivity index (χ0v) is 20.7. The standard InChI is InChI=1S/C21H27N3O5S3/c1-17-4-8-20(9-5-17)32(28,29)24-14-12-23(13-15-24)21(25)16-22(2)31(26,27)19-10-6-18(30-3)7-11-19/h4-11H,12-16H2,1-3H3. The number of hydrogen-bond donors (Lipinski definition) is 0. The molecule has 3 rings (SSSR count). The number of piperazine rings is 1. The van der Waals surface area contributed by atoms with Crippen LogP contribution < -0.4 is 0 Å². The first kappa shape index (κ1) is 24.7. The molecule has 11 heteroatoms. The van der Waals surface area contributed by atoms with Crippen molar-refractivity contribution in [1.29, 1.82) is 0 Å². The third-order valence-electron chi connectivity index (χ3n) is 5.38. The lowest BCUT2D eigenvalue weighted by Gasteiger charge is -2.34. The van der Waals surface area contributed by atoms with Crippen molar-refractivity contribution in [2.75, 3.05) is 46.0 Å². The second-order valence-corrected chi connectivity index (χ2v) is 12.4. The lowest BCUT2D eigenvalue weighted by atomic mass is 10.2. The van der Waals surface area contributed by atoms with Crippen LogP contribution >= 0.6 is 11.8 Å². The monoisotopic (exact) mass is 497 g/mol. The van der Waals surface area contributed by atoms with Crippen molar-refractivity contribution in [2.24, 2.45) is 0 Å². The highest BCUT2D eigenvalue weighted by atomic mass is 32.2. The number of aryl methyl sites for hydroxylation is 1. The van der Waals surface area contributed by atoms with Gasteiger partial charge in [-0.05, 0) is 49.6 Å². The molecule has 1 saturated heterocycles. The Kier molecular flexibility index (Phi) is 7.66. The van der Waals surface area contributed by atoms with Crippen molar-refractivity contribution in [3.8, 4) is 0 Å². The predicted molar refractivity (Wildman–Crippen MR) is 125 cm³/mol. The summed E-state index contributed by atoms with van der Waals surface area (Å²) in [4.78, 5) is 15.5. The van der Waals surface area contributed by atoms with Crippen LogP contribution in [0.1, 0.15) is 5.56 Å². The van der Waals surface area contributed by atoms with Gasteiger partial charge in [0.05, 0.1) is 16.3 Å². The summed E-state index contributed by atoms with van der Waals surface area (Å²) in [6, 6.07) is 13.1. The molecule has 2 aromatic carbocycles. The van der Waals surface area contributed by atoms with Gasteiger partial charge >= 0.3 is 0 Å². The number of sulfonamides is 2. The molecule has 0 atom stereocenters. The average molecular weight is 498 g/mol. The van der Waals surface area contributed by atoms with E-state index in [1.807, 2.05) is 13.2 Å². The Labute approximate surface area is 194 Å². The van der Waals surface area contributed by atoms with Crippen molar-refractivity contribution in [2.45, 2.75) is 21.6 Å². The Morgan fingerprint density at radius 1 is 0.906 bits per heavy atom. The van der Waals surface area contributed by atoms with Gasteiger partial charge in [0, 0.05) is 38.1 Å². The highest BCUT2D eigenvalue weighted by Crippen LogP contribution is 2.21. The highest BCUT2D eigenvalue weighted by molar-refractivity contribution is 7.98. The van der Waals surface area contributed by atoms with Gasteiger partial charge in [-0.25, -0.2) is 16.8 Å². The molecule has 8 nitrogen and oxygen atoms in total. The fraction of sp³-hybridized carbons (Fsp3) is 0.381. The predicted octanol–water partition coefficient (Wildman–Crippen LogP) is 1.87. The number of rotatable bonds is 7. The van der Waals surface area contributed by atoms with Crippen LogP contribution in [0.15, 0.2) is 63.2 Å². The average Bonchev–Trinajstić information content (AvgIpc) is 2.79. The lowest BCUT2D eigenvalue weighted by Crippen LogP contribution is -2.52. The van der Waals surface area contributed by atoms with E-state index in [0.29, 0.717) is 0 Å². The van der Waals surface area contributed by atoms with E-state index in [4.69, 9.17) is 0 Å². The van der Waals surface area contributed by atoms with Crippen LogP contribution in [0.2, 0.25) is 0 Å². The Balaban J connectivity index is 1.60. The molecule has 1 heterocycles. The van der Waals surface area contributed by atoms with Gasteiger partial charge < -0.3 is 4.90 Å². The molecule has 1 aliphatic rings. The Hall–Kier alpha value is -1.92. The summed E-state index contributed by atoms with van der Waals surface area (Å²) >= 11 is 1.51. The van der Waals surface area contributed by atoms with E-state index in [1.54, 1.807) is 36.4 Å². The summed E-state index contributed by atoms with van der Waals surface area (Å²) in [7, 11) is -6.06. The minimum Gasteiger partial charge on any atom is -0.339 e. The first-order chi connectivity index (χ1) is 15.1. The molecule has 32 heavy (non-hydrogen) atoms. The Bertz CT molecular complexity index is 1160. The molecule has 0 spiro atoms. The van der Waals surface area contributed by atoms with Gasteiger partial charge in [-0.15, -0.1) is 11.8 Å². The second-order valence-electron chi connectivity index (χ2n) is 7.53. The van der Waals surface area contributed by atoms with Gasteiger partial charge in [0.15, 0.2) is 0 Å². The maximum Gasteiger partial charge on any atom is 0.243 e. The molecule has 1 amide bonds. The molecule has 0 radical (unpaired) electrons. The van der Waals surface area contributed by atoms with Crippen LogP contribution in [0.25, 0.3) is 0 Å². The lowest BCUT2D eigenvalue weighted by molar-refractivity contribution is -0.132. The summed E-state index contributed by atoms with van der Waals surface area (Å²) in [5, 5.41) is 0. The summed E-state index contributed by atoms with van der Waals surface area (Å²) in [5.41, 5.74) is 0.971. The molecule has 0 aromatic heterocycles. The van der Waals surface area contributed by atoms with E-state index in [1.165, 1.54) is 40.1 Å². The largest absolute Gasteiger partial charge is 0.339 e. The van der Waals surface area contributed by atoms with Crippen molar-refractivity contribution in [3.63, 3.8) is 0 Å². The first-order valence-corrected chi connectivity index (χ1v) is 14.1. The molecule has 1 fully saturated rings. The quantitative estimate of drug-likeness (QED) is 0.542. The van der Waals surface area contributed by atoms with Gasteiger partial charge in [-0.2, -0.15) is 8.61 Å². The van der Waals surface area contributed by atoms with Crippen LogP contribution in [0.3, 0.4) is 0 Å². The zero-order valence-electron chi connectivity index (χ0n) is 18.3. The normalized spacial score (nSPS) is 15.8. The van der Waals surface area contributed by atoms with Gasteiger partial charge in [0.2, 0.25) is 26.0 Å². The summed E-state index contributed by atoms with van der Waals surface area (Å²) < 4.78 is 53.6. The minimum absolute atomic E-state index is 0.125. The van der Waals surface area contributed by atoms with Gasteiger partial charge in [-0.3, -0.25) is 4.79 Å². The van der Waals surface area contributed by atoms with Gasteiger partial charge in [-0.1, -0.05) is 17.7 Å². The Morgan fingerprint density at radius 3 is 1.97 bits per heavy atom. The van der Waals surface area contributed by atoms with E-state index in [0.717, 1.165) is 14.8 Å². The molecule has 0 bridgehead atoms. The number of nitrogens with zero attached hydrogens (tertiary/aromatic N) is 3. The van der Waals surface area contributed by atoms with Crippen LogP contribution in [0, 0.1) is 6.92 Å². The van der Waals surface area contributed by atoms with Crippen molar-refractivity contribution in [1.82, 2.24) is 13.5 Å². The van der Waals surface area contributed by atoms with E-state index in [9.17, 15) is 21.6 Å². The van der Waals surface area contributed by atoms with E-state index in [-0.39, 0.29) is 48.4 Å². The smallest absolute Gasteiger partial charge is 0.243 e. The maximum absolute atomic E-state index is 12.8. The molecule has 174 valence electrons. The van der Waals surface area contributed by atoms with Crippen LogP contribution in [-0.4, -0.2) is 82.3 Å². The van der Waals surface area contributed by atoms with Crippen molar-refractivity contribution >= 4 is 37.7 Å². The molecule has 1 aliphatic heterocycles. The molecule has 0 saturated carbocycles. The van der Waals surface area contributed by atoms with Gasteiger partial charge in [0.25, 0.3) is 0 Å². The molecule has 2 aromatic rings. The molecular formula is C21H27N3O5S3. The topological polar surface area (TPSA) is 95.1 Å².